The molecule has 2 amide bonds. The lowest BCUT2D eigenvalue weighted by Gasteiger charge is -2.43. The average Bonchev–Trinajstić information content (AvgIpc) is 2.64. The van der Waals surface area contributed by atoms with Crippen LogP contribution in [0.25, 0.3) is 0 Å². The molecule has 1 saturated heterocycles. The predicted octanol–water partition coefficient (Wildman–Crippen LogP) is 3.36. The molecule has 0 aromatic heterocycles. The molecule has 1 aromatic rings. The second-order valence-corrected chi connectivity index (χ2v) is 7.87. The number of halogens is 1. The summed E-state index contributed by atoms with van der Waals surface area (Å²) in [4.78, 5) is 26.7. The standard InChI is InChI=1S/C20H28ClN3O2/c1-14-16(21)8-4-9-17(14)23-19(25)12-22-20(26)13-24-11-5-7-15-6-2-3-10-18(15)24/h4,8-9,15,18H,2-3,5-7,10-13H2,1H3,(H,22,26)(H,23,25)/t15-,18-/m0/s1. The lowest BCUT2D eigenvalue weighted by Crippen LogP contribution is -2.51. The molecule has 0 spiro atoms. The monoisotopic (exact) mass is 377 g/mol. The van der Waals surface area contributed by atoms with Crippen LogP contribution in [-0.2, 0) is 9.59 Å². The maximum atomic E-state index is 12.3. The number of hydrogen-bond acceptors (Lipinski definition) is 3. The van der Waals surface area contributed by atoms with E-state index in [2.05, 4.69) is 15.5 Å². The fourth-order valence-electron chi connectivity index (χ4n) is 4.28. The Morgan fingerprint density at radius 1 is 1.15 bits per heavy atom. The molecular weight excluding hydrogens is 350 g/mol. The maximum Gasteiger partial charge on any atom is 0.243 e. The number of amides is 2. The van der Waals surface area contributed by atoms with Crippen LogP contribution in [0.2, 0.25) is 5.02 Å². The summed E-state index contributed by atoms with van der Waals surface area (Å²) in [6, 6.07) is 5.93. The summed E-state index contributed by atoms with van der Waals surface area (Å²) in [6.07, 6.45) is 7.55. The highest BCUT2D eigenvalue weighted by atomic mass is 35.5. The summed E-state index contributed by atoms with van der Waals surface area (Å²) < 4.78 is 0. The summed E-state index contributed by atoms with van der Waals surface area (Å²) in [7, 11) is 0. The van der Waals surface area contributed by atoms with Crippen molar-refractivity contribution in [1.82, 2.24) is 10.2 Å². The van der Waals surface area contributed by atoms with E-state index in [1.165, 1.54) is 38.5 Å². The number of nitrogens with zero attached hydrogens (tertiary/aromatic N) is 1. The molecule has 1 aliphatic heterocycles. The zero-order valence-electron chi connectivity index (χ0n) is 15.4. The van der Waals surface area contributed by atoms with E-state index >= 15 is 0 Å². The van der Waals surface area contributed by atoms with Gasteiger partial charge in [0.25, 0.3) is 0 Å². The van der Waals surface area contributed by atoms with E-state index in [0.717, 1.165) is 18.0 Å². The van der Waals surface area contributed by atoms with Gasteiger partial charge in [0.2, 0.25) is 11.8 Å². The van der Waals surface area contributed by atoms with Crippen LogP contribution >= 0.6 is 11.6 Å². The first kappa shape index (κ1) is 19.2. The third-order valence-electron chi connectivity index (χ3n) is 5.69. The van der Waals surface area contributed by atoms with Crippen molar-refractivity contribution in [1.29, 1.82) is 0 Å². The Hall–Kier alpha value is -1.59. The van der Waals surface area contributed by atoms with Crippen molar-refractivity contribution in [3.63, 3.8) is 0 Å². The third kappa shape index (κ3) is 4.77. The first-order valence-electron chi connectivity index (χ1n) is 9.60. The van der Waals surface area contributed by atoms with Crippen LogP contribution in [0.4, 0.5) is 5.69 Å². The molecule has 1 aliphatic carbocycles. The Balaban J connectivity index is 1.46. The molecule has 3 rings (SSSR count). The number of anilines is 1. The molecule has 2 atom stereocenters. The lowest BCUT2D eigenvalue weighted by molar-refractivity contribution is -0.126. The van der Waals surface area contributed by atoms with Crippen molar-refractivity contribution in [3.8, 4) is 0 Å². The van der Waals surface area contributed by atoms with Gasteiger partial charge in [-0.25, -0.2) is 0 Å². The molecule has 26 heavy (non-hydrogen) atoms. The van der Waals surface area contributed by atoms with Gasteiger partial charge in [-0.3, -0.25) is 14.5 Å². The van der Waals surface area contributed by atoms with Crippen molar-refractivity contribution >= 4 is 29.1 Å². The first-order chi connectivity index (χ1) is 12.5. The Labute approximate surface area is 160 Å². The summed E-state index contributed by atoms with van der Waals surface area (Å²) in [5.74, 6) is 0.437. The molecule has 0 unspecified atom stereocenters. The Bertz CT molecular complexity index is 662. The van der Waals surface area contributed by atoms with Crippen molar-refractivity contribution in [2.75, 3.05) is 25.0 Å². The summed E-state index contributed by atoms with van der Waals surface area (Å²) in [6.45, 7) is 3.22. The van der Waals surface area contributed by atoms with Crippen LogP contribution in [-0.4, -0.2) is 42.4 Å². The molecule has 6 heteroatoms. The summed E-state index contributed by atoms with van der Waals surface area (Å²) in [5.41, 5.74) is 1.50. The fraction of sp³-hybridized carbons (Fsp3) is 0.600. The number of rotatable bonds is 5. The third-order valence-corrected chi connectivity index (χ3v) is 6.10. The number of likely N-dealkylation sites (tertiary alicyclic amines) is 1. The van der Waals surface area contributed by atoms with Crippen LogP contribution in [0.5, 0.6) is 0 Å². The molecular formula is C20H28ClN3O2. The van der Waals surface area contributed by atoms with Gasteiger partial charge in [-0.2, -0.15) is 0 Å². The van der Waals surface area contributed by atoms with Gasteiger partial charge in [0.1, 0.15) is 0 Å². The minimum atomic E-state index is -0.238. The molecule has 5 nitrogen and oxygen atoms in total. The number of hydrogen-bond donors (Lipinski definition) is 2. The van der Waals surface area contributed by atoms with E-state index < -0.39 is 0 Å². The SMILES string of the molecule is Cc1c(Cl)cccc1NC(=O)CNC(=O)CN1CCC[C@@H]2CCCC[C@@H]21. The van der Waals surface area contributed by atoms with Crippen molar-refractivity contribution in [3.05, 3.63) is 28.8 Å². The Kier molecular flexibility index (Phi) is 6.54. The topological polar surface area (TPSA) is 61.4 Å². The zero-order valence-corrected chi connectivity index (χ0v) is 16.1. The molecule has 142 valence electrons. The van der Waals surface area contributed by atoms with Crippen LogP contribution in [0, 0.1) is 12.8 Å². The molecule has 0 radical (unpaired) electrons. The van der Waals surface area contributed by atoms with Crippen LogP contribution in [0.15, 0.2) is 18.2 Å². The summed E-state index contributed by atoms with van der Waals surface area (Å²) in [5, 5.41) is 6.17. The van der Waals surface area contributed by atoms with Crippen molar-refractivity contribution in [2.24, 2.45) is 5.92 Å². The number of carbonyl (C=O) groups excluding carboxylic acids is 2. The number of carbonyl (C=O) groups is 2. The fourth-order valence-corrected chi connectivity index (χ4v) is 4.46. The van der Waals surface area contributed by atoms with E-state index in [-0.39, 0.29) is 18.4 Å². The van der Waals surface area contributed by atoms with Gasteiger partial charge >= 0.3 is 0 Å². The van der Waals surface area contributed by atoms with E-state index in [9.17, 15) is 9.59 Å². The van der Waals surface area contributed by atoms with Gasteiger partial charge < -0.3 is 10.6 Å². The highest BCUT2D eigenvalue weighted by Crippen LogP contribution is 2.34. The smallest absolute Gasteiger partial charge is 0.243 e. The van der Waals surface area contributed by atoms with Gasteiger partial charge in [-0.05, 0) is 62.8 Å². The largest absolute Gasteiger partial charge is 0.346 e. The minimum absolute atomic E-state index is 0.0211. The van der Waals surface area contributed by atoms with Crippen molar-refractivity contribution < 1.29 is 9.59 Å². The number of piperidine rings is 1. The highest BCUT2D eigenvalue weighted by molar-refractivity contribution is 6.31. The Morgan fingerprint density at radius 3 is 2.77 bits per heavy atom. The first-order valence-corrected chi connectivity index (χ1v) is 9.98. The summed E-state index contributed by atoms with van der Waals surface area (Å²) >= 11 is 6.06. The predicted molar refractivity (Wildman–Crippen MR) is 104 cm³/mol. The second-order valence-electron chi connectivity index (χ2n) is 7.46. The van der Waals surface area contributed by atoms with Gasteiger partial charge in [0, 0.05) is 16.8 Å². The van der Waals surface area contributed by atoms with E-state index in [1.54, 1.807) is 18.2 Å². The molecule has 1 saturated carbocycles. The normalized spacial score (nSPS) is 23.2. The van der Waals surface area contributed by atoms with Gasteiger partial charge in [-0.1, -0.05) is 30.5 Å². The molecule has 2 fully saturated rings. The zero-order chi connectivity index (χ0) is 18.5. The van der Waals surface area contributed by atoms with Gasteiger partial charge in [0.05, 0.1) is 13.1 Å². The second kappa shape index (κ2) is 8.87. The number of fused-ring (bicyclic) bond motifs is 1. The van der Waals surface area contributed by atoms with E-state index in [4.69, 9.17) is 11.6 Å². The number of nitrogens with one attached hydrogen (secondary N) is 2. The van der Waals surface area contributed by atoms with Crippen LogP contribution in [0.3, 0.4) is 0 Å². The molecule has 1 heterocycles. The highest BCUT2D eigenvalue weighted by Gasteiger charge is 2.33. The van der Waals surface area contributed by atoms with Crippen LogP contribution < -0.4 is 10.6 Å². The maximum absolute atomic E-state index is 12.3. The molecule has 0 bridgehead atoms. The Morgan fingerprint density at radius 2 is 1.92 bits per heavy atom. The van der Waals surface area contributed by atoms with E-state index in [1.807, 2.05) is 6.92 Å². The molecule has 2 N–H and O–H groups in total. The minimum Gasteiger partial charge on any atom is -0.346 e. The molecule has 1 aromatic carbocycles. The van der Waals surface area contributed by atoms with E-state index in [0.29, 0.717) is 23.3 Å². The molecule has 2 aliphatic rings. The average molecular weight is 378 g/mol. The number of benzene rings is 1. The van der Waals surface area contributed by atoms with Crippen molar-refractivity contribution in [2.45, 2.75) is 51.5 Å². The lowest BCUT2D eigenvalue weighted by atomic mass is 9.78. The quantitative estimate of drug-likeness (QED) is 0.827. The van der Waals surface area contributed by atoms with Gasteiger partial charge in [0.15, 0.2) is 0 Å². The van der Waals surface area contributed by atoms with Gasteiger partial charge in [-0.15, -0.1) is 0 Å². The van der Waals surface area contributed by atoms with Crippen LogP contribution in [0.1, 0.15) is 44.1 Å².